The van der Waals surface area contributed by atoms with Gasteiger partial charge in [0.05, 0.1) is 6.33 Å². The van der Waals surface area contributed by atoms with Crippen LogP contribution in [0.2, 0.25) is 0 Å². The van der Waals surface area contributed by atoms with Crippen molar-refractivity contribution in [1.29, 1.82) is 0 Å². The lowest BCUT2D eigenvalue weighted by atomic mass is 10.2. The maximum Gasteiger partial charge on any atom is 0.332 e. The Balaban J connectivity index is 1.66. The van der Waals surface area contributed by atoms with E-state index in [2.05, 4.69) is 4.98 Å². The predicted octanol–water partition coefficient (Wildman–Crippen LogP) is 1.90. The van der Waals surface area contributed by atoms with Crippen LogP contribution in [0.3, 0.4) is 0 Å². The molecule has 0 saturated heterocycles. The standard InChI is InChI=1S/C17H19FN4O2S/c1-20-11-19-15-14(20)16(23)22(17(24)21(15)2)7-4-8-25-10-12-5-3-6-13(18)9-12/h3,5-6,9,11H,4,7-8,10H2,1-2H3. The van der Waals surface area contributed by atoms with Gasteiger partial charge in [-0.15, -0.1) is 0 Å². The van der Waals surface area contributed by atoms with Crippen LogP contribution in [-0.2, 0) is 26.4 Å². The van der Waals surface area contributed by atoms with Crippen molar-refractivity contribution in [3.05, 3.63) is 62.8 Å². The minimum absolute atomic E-state index is 0.238. The van der Waals surface area contributed by atoms with Crippen molar-refractivity contribution in [3.63, 3.8) is 0 Å². The molecule has 3 rings (SSSR count). The largest absolute Gasteiger partial charge is 0.332 e. The van der Waals surface area contributed by atoms with Gasteiger partial charge < -0.3 is 4.57 Å². The third-order valence-corrected chi connectivity index (χ3v) is 5.14. The van der Waals surface area contributed by atoms with E-state index >= 15 is 0 Å². The van der Waals surface area contributed by atoms with Crippen molar-refractivity contribution in [3.8, 4) is 0 Å². The number of hydrogen-bond donors (Lipinski definition) is 0. The second-order valence-electron chi connectivity index (χ2n) is 5.86. The number of aromatic nitrogens is 4. The second-order valence-corrected chi connectivity index (χ2v) is 6.97. The van der Waals surface area contributed by atoms with E-state index in [1.165, 1.54) is 27.6 Å². The van der Waals surface area contributed by atoms with Gasteiger partial charge in [-0.2, -0.15) is 11.8 Å². The van der Waals surface area contributed by atoms with E-state index in [1.54, 1.807) is 36.5 Å². The first kappa shape index (κ1) is 17.5. The summed E-state index contributed by atoms with van der Waals surface area (Å²) in [5, 5.41) is 0. The molecule has 0 atom stereocenters. The Labute approximate surface area is 147 Å². The molecule has 0 spiro atoms. The molecule has 0 N–H and O–H groups in total. The van der Waals surface area contributed by atoms with Crippen LogP contribution in [0.4, 0.5) is 4.39 Å². The summed E-state index contributed by atoms with van der Waals surface area (Å²) in [5.74, 6) is 1.23. The third-order valence-electron chi connectivity index (χ3n) is 4.03. The maximum absolute atomic E-state index is 13.1. The Morgan fingerprint density at radius 2 is 2.04 bits per heavy atom. The minimum Gasteiger partial charge on any atom is -0.328 e. The summed E-state index contributed by atoms with van der Waals surface area (Å²) in [6.07, 6.45) is 2.21. The molecule has 8 heteroatoms. The average molecular weight is 362 g/mol. The number of thioether (sulfide) groups is 1. The zero-order valence-corrected chi connectivity index (χ0v) is 14.9. The fourth-order valence-corrected chi connectivity index (χ4v) is 3.63. The first-order chi connectivity index (χ1) is 12.0. The molecule has 0 saturated carbocycles. The first-order valence-electron chi connectivity index (χ1n) is 7.92. The van der Waals surface area contributed by atoms with Gasteiger partial charge in [0.25, 0.3) is 5.56 Å². The molecule has 2 heterocycles. The summed E-state index contributed by atoms with van der Waals surface area (Å²) in [7, 11) is 3.35. The highest BCUT2D eigenvalue weighted by molar-refractivity contribution is 7.98. The zero-order chi connectivity index (χ0) is 18.0. The highest BCUT2D eigenvalue weighted by atomic mass is 32.2. The second kappa shape index (κ2) is 7.26. The van der Waals surface area contributed by atoms with Crippen LogP contribution >= 0.6 is 11.8 Å². The van der Waals surface area contributed by atoms with E-state index in [0.29, 0.717) is 29.9 Å². The van der Waals surface area contributed by atoms with Crippen LogP contribution in [0.5, 0.6) is 0 Å². The van der Waals surface area contributed by atoms with Crippen LogP contribution < -0.4 is 11.2 Å². The third kappa shape index (κ3) is 3.53. The molecule has 0 unspecified atom stereocenters. The molecular weight excluding hydrogens is 343 g/mol. The Bertz CT molecular complexity index is 1020. The molecule has 1 aromatic carbocycles. The Morgan fingerprint density at radius 1 is 1.24 bits per heavy atom. The van der Waals surface area contributed by atoms with Gasteiger partial charge >= 0.3 is 5.69 Å². The molecule has 0 bridgehead atoms. The van der Waals surface area contributed by atoms with Crippen molar-refractivity contribution >= 4 is 22.9 Å². The Kier molecular flexibility index (Phi) is 5.08. The molecule has 0 radical (unpaired) electrons. The predicted molar refractivity (Wildman–Crippen MR) is 97.4 cm³/mol. The van der Waals surface area contributed by atoms with Crippen LogP contribution in [-0.4, -0.2) is 24.4 Å². The van der Waals surface area contributed by atoms with Crippen LogP contribution in [0, 0.1) is 5.82 Å². The quantitative estimate of drug-likeness (QED) is 0.629. The molecule has 0 aliphatic carbocycles. The van der Waals surface area contributed by atoms with Gasteiger partial charge in [-0.05, 0) is 29.9 Å². The van der Waals surface area contributed by atoms with E-state index in [0.717, 1.165) is 11.3 Å². The summed E-state index contributed by atoms with van der Waals surface area (Å²) >= 11 is 1.65. The zero-order valence-electron chi connectivity index (χ0n) is 14.1. The highest BCUT2D eigenvalue weighted by Crippen LogP contribution is 2.14. The van der Waals surface area contributed by atoms with Gasteiger partial charge in [0, 0.05) is 26.4 Å². The molecule has 6 nitrogen and oxygen atoms in total. The molecule has 0 aliphatic heterocycles. The maximum atomic E-state index is 13.1. The van der Waals surface area contributed by atoms with Gasteiger partial charge in [0.2, 0.25) is 0 Å². The number of fused-ring (bicyclic) bond motifs is 1. The molecule has 2 aromatic heterocycles. The summed E-state index contributed by atoms with van der Waals surface area (Å²) < 4.78 is 17.4. The normalized spacial score (nSPS) is 11.3. The molecule has 0 aliphatic rings. The number of nitrogens with zero attached hydrogens (tertiary/aromatic N) is 4. The van der Waals surface area contributed by atoms with E-state index in [1.807, 2.05) is 6.07 Å². The number of halogens is 1. The van der Waals surface area contributed by atoms with Crippen molar-refractivity contribution in [2.45, 2.75) is 18.7 Å². The molecule has 0 amide bonds. The summed E-state index contributed by atoms with van der Waals surface area (Å²) in [4.78, 5) is 29.0. The highest BCUT2D eigenvalue weighted by Gasteiger charge is 2.14. The van der Waals surface area contributed by atoms with Gasteiger partial charge in [0.1, 0.15) is 5.82 Å². The lowest BCUT2D eigenvalue weighted by Gasteiger charge is -2.08. The number of rotatable bonds is 6. The van der Waals surface area contributed by atoms with E-state index in [-0.39, 0.29) is 17.1 Å². The number of aryl methyl sites for hydroxylation is 2. The van der Waals surface area contributed by atoms with Gasteiger partial charge in [-0.3, -0.25) is 13.9 Å². The fraction of sp³-hybridized carbons (Fsp3) is 0.353. The van der Waals surface area contributed by atoms with Crippen molar-refractivity contribution in [1.82, 2.24) is 18.7 Å². The molecule has 3 aromatic rings. The lowest BCUT2D eigenvalue weighted by molar-refractivity contribution is 0.594. The van der Waals surface area contributed by atoms with Crippen molar-refractivity contribution in [2.75, 3.05) is 5.75 Å². The summed E-state index contributed by atoms with van der Waals surface area (Å²) in [6.45, 7) is 0.350. The molecule has 0 fully saturated rings. The average Bonchev–Trinajstić information content (AvgIpc) is 2.97. The van der Waals surface area contributed by atoms with Crippen molar-refractivity contribution < 1.29 is 4.39 Å². The fourth-order valence-electron chi connectivity index (χ4n) is 2.73. The number of imidazole rings is 1. The molecular formula is C17H19FN4O2S. The van der Waals surface area contributed by atoms with Gasteiger partial charge in [0.15, 0.2) is 11.2 Å². The monoisotopic (exact) mass is 362 g/mol. The Hall–Kier alpha value is -2.35. The molecule has 25 heavy (non-hydrogen) atoms. The number of hydrogen-bond acceptors (Lipinski definition) is 4. The van der Waals surface area contributed by atoms with E-state index < -0.39 is 0 Å². The first-order valence-corrected chi connectivity index (χ1v) is 9.07. The summed E-state index contributed by atoms with van der Waals surface area (Å²) in [5.41, 5.74) is 1.08. The van der Waals surface area contributed by atoms with E-state index in [4.69, 9.17) is 0 Å². The van der Waals surface area contributed by atoms with Crippen LogP contribution in [0.15, 0.2) is 40.2 Å². The van der Waals surface area contributed by atoms with Crippen LogP contribution in [0.25, 0.3) is 11.2 Å². The minimum atomic E-state index is -0.355. The lowest BCUT2D eigenvalue weighted by Crippen LogP contribution is -2.39. The van der Waals surface area contributed by atoms with Gasteiger partial charge in [-0.1, -0.05) is 12.1 Å². The smallest absolute Gasteiger partial charge is 0.328 e. The van der Waals surface area contributed by atoms with Gasteiger partial charge in [-0.25, -0.2) is 14.2 Å². The summed E-state index contributed by atoms with van der Waals surface area (Å²) in [6, 6.07) is 6.51. The molecule has 132 valence electrons. The van der Waals surface area contributed by atoms with Crippen LogP contribution in [0.1, 0.15) is 12.0 Å². The SMILES string of the molecule is Cn1cnc2c1c(=O)n(CCCSCc1cccc(F)c1)c(=O)n2C. The number of benzene rings is 1. The Morgan fingerprint density at radius 3 is 2.80 bits per heavy atom. The van der Waals surface area contributed by atoms with Crippen molar-refractivity contribution in [2.24, 2.45) is 14.1 Å². The topological polar surface area (TPSA) is 61.8 Å². The van der Waals surface area contributed by atoms with E-state index in [9.17, 15) is 14.0 Å².